The first-order valence-electron chi connectivity index (χ1n) is 6.95. The molecule has 0 amide bonds. The summed E-state index contributed by atoms with van der Waals surface area (Å²) in [5, 5.41) is 12.7. The fraction of sp³-hybridized carbons (Fsp3) is 0.0625. The van der Waals surface area contributed by atoms with Crippen molar-refractivity contribution in [2.45, 2.75) is 0 Å². The minimum atomic E-state index is 0.799. The smallest absolute Gasteiger partial charge is 0.155 e. The van der Waals surface area contributed by atoms with E-state index in [9.17, 15) is 0 Å². The number of aromatic amines is 1. The lowest BCUT2D eigenvalue weighted by atomic mass is 10.2. The van der Waals surface area contributed by atoms with Crippen LogP contribution in [0.3, 0.4) is 0 Å². The number of hydrogen-bond donors (Lipinski definition) is 1. The van der Waals surface area contributed by atoms with Crippen LogP contribution in [0.1, 0.15) is 0 Å². The third-order valence-corrected chi connectivity index (χ3v) is 3.61. The van der Waals surface area contributed by atoms with Crippen molar-refractivity contribution in [3.05, 3.63) is 61.1 Å². The number of fused-ring (bicyclic) bond motifs is 1. The maximum atomic E-state index is 4.58. The molecule has 6 heteroatoms. The van der Waals surface area contributed by atoms with E-state index in [1.54, 1.807) is 10.9 Å². The second-order valence-corrected chi connectivity index (χ2v) is 5.01. The maximum Gasteiger partial charge on any atom is 0.155 e. The number of aromatic nitrogens is 5. The van der Waals surface area contributed by atoms with E-state index < -0.39 is 0 Å². The van der Waals surface area contributed by atoms with Gasteiger partial charge in [0.1, 0.15) is 0 Å². The standard InChI is InChI=1S/C16H14N6/c1-21(13-5-6-14-12(10-13)11-18-19-14)16-7-9-22(20-16)15-4-2-3-8-17-15/h2-11H,1H3,(H,18,19). The minimum absolute atomic E-state index is 0.799. The largest absolute Gasteiger partial charge is 0.328 e. The molecular formula is C16H14N6. The molecule has 0 aliphatic heterocycles. The van der Waals surface area contributed by atoms with Crippen LogP contribution in [0.15, 0.2) is 61.1 Å². The lowest BCUT2D eigenvalue weighted by Crippen LogP contribution is -2.10. The monoisotopic (exact) mass is 290 g/mol. The average Bonchev–Trinajstić information content (AvgIpc) is 3.23. The third-order valence-electron chi connectivity index (χ3n) is 3.61. The normalized spacial score (nSPS) is 11.0. The zero-order valence-electron chi connectivity index (χ0n) is 12.0. The minimum Gasteiger partial charge on any atom is -0.328 e. The summed E-state index contributed by atoms with van der Waals surface area (Å²) in [5.74, 6) is 1.65. The van der Waals surface area contributed by atoms with E-state index in [1.807, 2.05) is 60.7 Å². The second kappa shape index (κ2) is 5.00. The van der Waals surface area contributed by atoms with Crippen molar-refractivity contribution in [1.82, 2.24) is 25.0 Å². The van der Waals surface area contributed by atoms with Crippen LogP contribution in [-0.2, 0) is 0 Å². The molecule has 0 saturated heterocycles. The van der Waals surface area contributed by atoms with Crippen molar-refractivity contribution in [2.24, 2.45) is 0 Å². The summed E-state index contributed by atoms with van der Waals surface area (Å²) in [6.45, 7) is 0. The van der Waals surface area contributed by atoms with Crippen LogP contribution in [0.25, 0.3) is 16.7 Å². The molecule has 4 rings (SSSR count). The molecule has 0 atom stereocenters. The van der Waals surface area contributed by atoms with E-state index in [0.717, 1.165) is 28.2 Å². The maximum absolute atomic E-state index is 4.58. The van der Waals surface area contributed by atoms with Gasteiger partial charge in [0.05, 0.1) is 11.7 Å². The highest BCUT2D eigenvalue weighted by Crippen LogP contribution is 2.25. The summed E-state index contributed by atoms with van der Waals surface area (Å²) in [7, 11) is 1.99. The predicted molar refractivity (Wildman–Crippen MR) is 85.5 cm³/mol. The number of nitrogens with zero attached hydrogens (tertiary/aromatic N) is 5. The van der Waals surface area contributed by atoms with E-state index in [2.05, 4.69) is 26.3 Å². The number of H-pyrrole nitrogens is 1. The van der Waals surface area contributed by atoms with E-state index in [0.29, 0.717) is 0 Å². The van der Waals surface area contributed by atoms with Crippen molar-refractivity contribution in [2.75, 3.05) is 11.9 Å². The topological polar surface area (TPSA) is 62.6 Å². The highest BCUT2D eigenvalue weighted by Gasteiger charge is 2.09. The quantitative estimate of drug-likeness (QED) is 0.630. The first-order valence-corrected chi connectivity index (χ1v) is 6.95. The fourth-order valence-corrected chi connectivity index (χ4v) is 2.38. The van der Waals surface area contributed by atoms with Crippen molar-refractivity contribution >= 4 is 22.4 Å². The molecule has 108 valence electrons. The van der Waals surface area contributed by atoms with Crippen molar-refractivity contribution < 1.29 is 0 Å². The van der Waals surface area contributed by atoms with Crippen molar-refractivity contribution in [1.29, 1.82) is 0 Å². The van der Waals surface area contributed by atoms with Crippen LogP contribution in [0.2, 0.25) is 0 Å². The molecule has 0 saturated carbocycles. The molecule has 0 unspecified atom stereocenters. The summed E-state index contributed by atoms with van der Waals surface area (Å²) < 4.78 is 1.77. The Kier molecular flexibility index (Phi) is 2.86. The molecule has 1 aromatic carbocycles. The summed E-state index contributed by atoms with van der Waals surface area (Å²) in [6.07, 6.45) is 5.48. The van der Waals surface area contributed by atoms with Crippen LogP contribution in [0.5, 0.6) is 0 Å². The lowest BCUT2D eigenvalue weighted by Gasteiger charge is -2.16. The average molecular weight is 290 g/mol. The fourth-order valence-electron chi connectivity index (χ4n) is 2.38. The molecule has 0 fully saturated rings. The van der Waals surface area contributed by atoms with E-state index in [1.165, 1.54) is 0 Å². The highest BCUT2D eigenvalue weighted by molar-refractivity contribution is 5.83. The Bertz CT molecular complexity index is 908. The van der Waals surface area contributed by atoms with Gasteiger partial charge < -0.3 is 4.90 Å². The van der Waals surface area contributed by atoms with Gasteiger partial charge >= 0.3 is 0 Å². The number of benzene rings is 1. The Hall–Kier alpha value is -3.15. The molecule has 3 heterocycles. The number of pyridine rings is 1. The second-order valence-electron chi connectivity index (χ2n) is 5.01. The van der Waals surface area contributed by atoms with Gasteiger partial charge in [-0.1, -0.05) is 6.07 Å². The molecular weight excluding hydrogens is 276 g/mol. The van der Waals surface area contributed by atoms with Gasteiger partial charge in [-0.05, 0) is 30.3 Å². The van der Waals surface area contributed by atoms with Crippen LogP contribution in [0.4, 0.5) is 11.5 Å². The predicted octanol–water partition coefficient (Wildman–Crippen LogP) is 2.91. The first kappa shape index (κ1) is 12.6. The van der Waals surface area contributed by atoms with Crippen molar-refractivity contribution in [3.63, 3.8) is 0 Å². The molecule has 0 aliphatic rings. The van der Waals surface area contributed by atoms with Gasteiger partial charge in [0.15, 0.2) is 11.6 Å². The molecule has 0 radical (unpaired) electrons. The summed E-state index contributed by atoms with van der Waals surface area (Å²) in [4.78, 5) is 6.33. The summed E-state index contributed by atoms with van der Waals surface area (Å²) in [5.41, 5.74) is 2.08. The van der Waals surface area contributed by atoms with Crippen LogP contribution in [0, 0.1) is 0 Å². The third kappa shape index (κ3) is 2.10. The van der Waals surface area contributed by atoms with Crippen LogP contribution < -0.4 is 4.90 Å². The molecule has 0 bridgehead atoms. The molecule has 1 N–H and O–H groups in total. The van der Waals surface area contributed by atoms with E-state index in [-0.39, 0.29) is 0 Å². The van der Waals surface area contributed by atoms with Crippen molar-refractivity contribution in [3.8, 4) is 5.82 Å². The van der Waals surface area contributed by atoms with E-state index >= 15 is 0 Å². The number of nitrogens with one attached hydrogen (secondary N) is 1. The zero-order chi connectivity index (χ0) is 14.9. The van der Waals surface area contributed by atoms with E-state index in [4.69, 9.17) is 0 Å². The van der Waals surface area contributed by atoms with Gasteiger partial charge in [-0.2, -0.15) is 5.10 Å². The molecule has 0 spiro atoms. The van der Waals surface area contributed by atoms with Crippen LogP contribution in [-0.4, -0.2) is 32.0 Å². The van der Waals surface area contributed by atoms with Gasteiger partial charge in [0.25, 0.3) is 0 Å². The SMILES string of the molecule is CN(c1ccc2[nH]ncc2c1)c1ccn(-c2ccccn2)n1. The van der Waals surface area contributed by atoms with Crippen LogP contribution >= 0.6 is 0 Å². The summed E-state index contributed by atoms with van der Waals surface area (Å²) in [6, 6.07) is 13.9. The lowest BCUT2D eigenvalue weighted by molar-refractivity contribution is 0.841. The van der Waals surface area contributed by atoms with Gasteiger partial charge in [-0.15, -0.1) is 5.10 Å². The van der Waals surface area contributed by atoms with Gasteiger partial charge in [-0.3, -0.25) is 5.10 Å². The van der Waals surface area contributed by atoms with Gasteiger partial charge in [-0.25, -0.2) is 9.67 Å². The Morgan fingerprint density at radius 3 is 2.95 bits per heavy atom. The zero-order valence-corrected chi connectivity index (χ0v) is 12.0. The highest BCUT2D eigenvalue weighted by atomic mass is 15.4. The Balaban J connectivity index is 1.68. The molecule has 3 aromatic heterocycles. The molecule has 6 nitrogen and oxygen atoms in total. The Morgan fingerprint density at radius 2 is 2.09 bits per heavy atom. The summed E-state index contributed by atoms with van der Waals surface area (Å²) >= 11 is 0. The molecule has 22 heavy (non-hydrogen) atoms. The Morgan fingerprint density at radius 1 is 1.14 bits per heavy atom. The van der Waals surface area contributed by atoms with Gasteiger partial charge in [0, 0.05) is 36.6 Å². The molecule has 4 aromatic rings. The number of rotatable bonds is 3. The first-order chi connectivity index (χ1) is 10.8. The Labute approximate surface area is 127 Å². The number of hydrogen-bond acceptors (Lipinski definition) is 4. The number of anilines is 2. The molecule has 0 aliphatic carbocycles. The van der Waals surface area contributed by atoms with Gasteiger partial charge in [0.2, 0.25) is 0 Å².